The number of hydrogen-bond acceptors (Lipinski definition) is 5. The number of hydrogen-bond donors (Lipinski definition) is 3. The van der Waals surface area contributed by atoms with Crippen LogP contribution < -0.4 is 5.32 Å². The summed E-state index contributed by atoms with van der Waals surface area (Å²) in [6.07, 6.45) is 1.38. The third kappa shape index (κ3) is 2.84. The number of aromatic nitrogens is 3. The fraction of sp³-hybridized carbons (Fsp3) is 0.385. The highest BCUT2D eigenvalue weighted by atomic mass is 16.4. The van der Waals surface area contributed by atoms with Crippen LogP contribution in [-0.2, 0) is 11.8 Å². The summed E-state index contributed by atoms with van der Waals surface area (Å²) >= 11 is 0. The Morgan fingerprint density at radius 3 is 2.76 bits per heavy atom. The average molecular weight is 292 g/mol. The summed E-state index contributed by atoms with van der Waals surface area (Å²) in [5.74, 6) is -1.91. The van der Waals surface area contributed by atoms with Gasteiger partial charge in [0.25, 0.3) is 5.91 Å². The summed E-state index contributed by atoms with van der Waals surface area (Å²) < 4.78 is 1.61. The molecule has 1 unspecified atom stereocenters. The molecule has 3 N–H and O–H groups in total. The highest BCUT2D eigenvalue weighted by molar-refractivity contribution is 5.97. The van der Waals surface area contributed by atoms with Gasteiger partial charge in [0.2, 0.25) is 0 Å². The van der Waals surface area contributed by atoms with Gasteiger partial charge < -0.3 is 15.5 Å². The fourth-order valence-corrected chi connectivity index (χ4v) is 1.86. The van der Waals surface area contributed by atoms with Gasteiger partial charge in [-0.3, -0.25) is 9.48 Å². The van der Waals surface area contributed by atoms with E-state index in [2.05, 4.69) is 15.4 Å². The van der Waals surface area contributed by atoms with Crippen LogP contribution in [0.3, 0.4) is 0 Å². The zero-order valence-electron chi connectivity index (χ0n) is 11.9. The van der Waals surface area contributed by atoms with Crippen molar-refractivity contribution in [1.29, 1.82) is 0 Å². The molecule has 0 saturated carbocycles. The Morgan fingerprint density at radius 1 is 1.48 bits per heavy atom. The Kier molecular flexibility index (Phi) is 3.65. The summed E-state index contributed by atoms with van der Waals surface area (Å²) in [4.78, 5) is 26.9. The van der Waals surface area contributed by atoms with Gasteiger partial charge in [-0.1, -0.05) is 0 Å². The molecule has 0 saturated heterocycles. The number of pyridine rings is 1. The van der Waals surface area contributed by atoms with Crippen molar-refractivity contribution < 1.29 is 19.8 Å². The van der Waals surface area contributed by atoms with Crippen LogP contribution in [0, 0.1) is 6.92 Å². The van der Waals surface area contributed by atoms with E-state index in [1.165, 1.54) is 6.20 Å². The molecule has 112 valence electrons. The Hall–Kier alpha value is -2.48. The van der Waals surface area contributed by atoms with Crippen molar-refractivity contribution in [1.82, 2.24) is 20.1 Å². The lowest BCUT2D eigenvalue weighted by molar-refractivity contribution is -0.155. The molecular weight excluding hydrogens is 276 g/mol. The summed E-state index contributed by atoms with van der Waals surface area (Å²) in [7, 11) is 1.76. The maximum absolute atomic E-state index is 12.0. The van der Waals surface area contributed by atoms with E-state index in [1.54, 1.807) is 24.7 Å². The number of nitrogens with zero attached hydrogens (tertiary/aromatic N) is 3. The molecule has 8 nitrogen and oxygen atoms in total. The molecule has 8 heteroatoms. The number of carboxylic acids is 1. The normalized spacial score (nSPS) is 13.9. The smallest absolute Gasteiger partial charge is 0.337 e. The van der Waals surface area contributed by atoms with Gasteiger partial charge in [0, 0.05) is 18.6 Å². The van der Waals surface area contributed by atoms with Crippen molar-refractivity contribution in [2.75, 3.05) is 6.54 Å². The summed E-state index contributed by atoms with van der Waals surface area (Å²) in [5.41, 5.74) is -0.342. The molecule has 0 aliphatic rings. The van der Waals surface area contributed by atoms with Crippen molar-refractivity contribution >= 4 is 22.9 Å². The van der Waals surface area contributed by atoms with E-state index in [1.807, 2.05) is 0 Å². The predicted molar refractivity (Wildman–Crippen MR) is 73.8 cm³/mol. The second kappa shape index (κ2) is 5.13. The molecular formula is C13H16N4O4. The van der Waals surface area contributed by atoms with Crippen LogP contribution in [0.1, 0.15) is 23.0 Å². The lowest BCUT2D eigenvalue weighted by Crippen LogP contribution is -2.46. The zero-order valence-corrected chi connectivity index (χ0v) is 11.9. The number of carboxylic acid groups (broad SMARTS) is 1. The fourth-order valence-electron chi connectivity index (χ4n) is 1.86. The van der Waals surface area contributed by atoms with Gasteiger partial charge in [-0.05, 0) is 19.9 Å². The van der Waals surface area contributed by atoms with Crippen LogP contribution in [0.25, 0.3) is 11.0 Å². The first-order valence-electron chi connectivity index (χ1n) is 6.25. The van der Waals surface area contributed by atoms with Crippen molar-refractivity contribution in [3.8, 4) is 0 Å². The van der Waals surface area contributed by atoms with Gasteiger partial charge in [-0.25, -0.2) is 9.78 Å². The number of amides is 1. The van der Waals surface area contributed by atoms with Gasteiger partial charge in [-0.2, -0.15) is 5.10 Å². The Balaban J connectivity index is 2.20. The van der Waals surface area contributed by atoms with Crippen LogP contribution in [0.5, 0.6) is 0 Å². The first-order chi connectivity index (χ1) is 9.72. The number of nitrogens with one attached hydrogen (secondary N) is 1. The number of rotatable bonds is 4. The minimum atomic E-state index is -2.02. The third-order valence-electron chi connectivity index (χ3n) is 3.18. The highest BCUT2D eigenvalue weighted by Gasteiger charge is 2.30. The molecule has 0 aromatic carbocycles. The van der Waals surface area contributed by atoms with E-state index in [-0.39, 0.29) is 5.56 Å². The van der Waals surface area contributed by atoms with Gasteiger partial charge in [0.1, 0.15) is 0 Å². The molecule has 2 aromatic heterocycles. The maximum atomic E-state index is 12.0. The largest absolute Gasteiger partial charge is 0.479 e. The second-order valence-corrected chi connectivity index (χ2v) is 5.07. The van der Waals surface area contributed by atoms with Crippen molar-refractivity contribution in [3.05, 3.63) is 23.5 Å². The maximum Gasteiger partial charge on any atom is 0.337 e. The Bertz CT molecular complexity index is 720. The Morgan fingerprint density at radius 2 is 2.14 bits per heavy atom. The molecule has 1 atom stereocenters. The van der Waals surface area contributed by atoms with Crippen LogP contribution in [0.4, 0.5) is 0 Å². The summed E-state index contributed by atoms with van der Waals surface area (Å²) in [5, 5.41) is 25.7. The standard InChI is InChI=1S/C13H16N4O4/c1-7-9-4-8(5-14-10(9)17(3)16-7)11(18)15-6-13(2,21)12(19)20/h4-5,21H,6H2,1-3H3,(H,15,18)(H,19,20). The van der Waals surface area contributed by atoms with E-state index < -0.39 is 24.0 Å². The molecule has 2 aromatic rings. The predicted octanol–water partition coefficient (Wildman–Crippen LogP) is -0.158. The zero-order chi connectivity index (χ0) is 15.8. The van der Waals surface area contributed by atoms with E-state index in [4.69, 9.17) is 5.11 Å². The summed E-state index contributed by atoms with van der Waals surface area (Å²) in [6.45, 7) is 2.52. The number of aliphatic carboxylic acids is 1. The molecule has 0 aliphatic carbocycles. The number of carbonyl (C=O) groups is 2. The van der Waals surface area contributed by atoms with Gasteiger partial charge in [-0.15, -0.1) is 0 Å². The molecule has 0 fully saturated rings. The van der Waals surface area contributed by atoms with E-state index in [0.29, 0.717) is 5.65 Å². The number of aryl methyl sites for hydroxylation is 2. The monoisotopic (exact) mass is 292 g/mol. The minimum absolute atomic E-state index is 0.278. The van der Waals surface area contributed by atoms with Crippen molar-refractivity contribution in [3.63, 3.8) is 0 Å². The lowest BCUT2D eigenvalue weighted by atomic mass is 10.1. The van der Waals surface area contributed by atoms with E-state index in [9.17, 15) is 14.7 Å². The molecule has 0 bridgehead atoms. The molecule has 0 aliphatic heterocycles. The van der Waals surface area contributed by atoms with Crippen LogP contribution in [0.15, 0.2) is 12.3 Å². The third-order valence-corrected chi connectivity index (χ3v) is 3.18. The first-order valence-corrected chi connectivity index (χ1v) is 6.25. The molecule has 0 spiro atoms. The first kappa shape index (κ1) is 14.9. The van der Waals surface area contributed by atoms with Crippen LogP contribution in [0.2, 0.25) is 0 Å². The van der Waals surface area contributed by atoms with Crippen LogP contribution in [-0.4, -0.2) is 49.0 Å². The topological polar surface area (TPSA) is 117 Å². The molecule has 2 heterocycles. The van der Waals surface area contributed by atoms with Crippen molar-refractivity contribution in [2.24, 2.45) is 7.05 Å². The van der Waals surface area contributed by atoms with E-state index >= 15 is 0 Å². The number of aliphatic hydroxyl groups is 1. The molecule has 0 radical (unpaired) electrons. The quantitative estimate of drug-likeness (QED) is 0.721. The SMILES string of the molecule is Cc1nn(C)c2ncc(C(=O)NCC(C)(O)C(=O)O)cc12. The lowest BCUT2D eigenvalue weighted by Gasteiger charge is -2.18. The highest BCUT2D eigenvalue weighted by Crippen LogP contribution is 2.16. The molecule has 2 rings (SSSR count). The van der Waals surface area contributed by atoms with Crippen molar-refractivity contribution in [2.45, 2.75) is 19.4 Å². The van der Waals surface area contributed by atoms with Gasteiger partial charge >= 0.3 is 5.97 Å². The minimum Gasteiger partial charge on any atom is -0.479 e. The average Bonchev–Trinajstić information content (AvgIpc) is 2.71. The second-order valence-electron chi connectivity index (χ2n) is 5.07. The molecule has 21 heavy (non-hydrogen) atoms. The number of carbonyl (C=O) groups excluding carboxylic acids is 1. The Labute approximate surface area is 120 Å². The summed E-state index contributed by atoms with van der Waals surface area (Å²) in [6, 6.07) is 1.63. The van der Waals surface area contributed by atoms with Gasteiger partial charge in [0.15, 0.2) is 11.2 Å². The number of fused-ring (bicyclic) bond motifs is 1. The van der Waals surface area contributed by atoms with E-state index in [0.717, 1.165) is 18.0 Å². The molecule has 1 amide bonds. The van der Waals surface area contributed by atoms with Crippen LogP contribution >= 0.6 is 0 Å². The van der Waals surface area contributed by atoms with Gasteiger partial charge in [0.05, 0.1) is 17.8 Å².